The summed E-state index contributed by atoms with van der Waals surface area (Å²) in [6.07, 6.45) is 0. The van der Waals surface area contributed by atoms with Gasteiger partial charge in [0.25, 0.3) is 5.91 Å². The SMILES string of the molecule is Cc1nc(C(N)=O)n(COCc2ccccc2)c1Sc1ccccc1. The van der Waals surface area contributed by atoms with Crippen LogP contribution in [0.1, 0.15) is 21.9 Å². The lowest BCUT2D eigenvalue weighted by Crippen LogP contribution is -2.19. The topological polar surface area (TPSA) is 70.1 Å². The maximum atomic E-state index is 11.7. The molecule has 0 bridgehead atoms. The third-order valence-electron chi connectivity index (χ3n) is 3.59. The van der Waals surface area contributed by atoms with Crippen molar-refractivity contribution in [1.29, 1.82) is 0 Å². The first kappa shape index (κ1) is 17.3. The lowest BCUT2D eigenvalue weighted by Gasteiger charge is -2.11. The van der Waals surface area contributed by atoms with Gasteiger partial charge in [-0.3, -0.25) is 9.36 Å². The number of hydrogen-bond donors (Lipinski definition) is 1. The summed E-state index contributed by atoms with van der Waals surface area (Å²) in [5.41, 5.74) is 7.31. The summed E-state index contributed by atoms with van der Waals surface area (Å²) in [6.45, 7) is 2.53. The fourth-order valence-electron chi connectivity index (χ4n) is 2.42. The molecule has 3 aromatic rings. The van der Waals surface area contributed by atoms with Crippen LogP contribution in [0.25, 0.3) is 0 Å². The molecule has 0 saturated heterocycles. The summed E-state index contributed by atoms with van der Waals surface area (Å²) < 4.78 is 7.52. The van der Waals surface area contributed by atoms with Crippen molar-refractivity contribution in [3.63, 3.8) is 0 Å². The van der Waals surface area contributed by atoms with Gasteiger partial charge in [0.05, 0.1) is 12.3 Å². The average molecular weight is 353 g/mol. The molecule has 0 saturated carbocycles. The Morgan fingerprint density at radius 2 is 1.76 bits per heavy atom. The lowest BCUT2D eigenvalue weighted by molar-refractivity contribution is 0.0560. The Labute approximate surface area is 150 Å². The van der Waals surface area contributed by atoms with Crippen LogP contribution < -0.4 is 5.73 Å². The number of primary amides is 1. The highest BCUT2D eigenvalue weighted by atomic mass is 32.2. The van der Waals surface area contributed by atoms with E-state index in [1.54, 1.807) is 4.57 Å². The number of carbonyl (C=O) groups excluding carboxylic acids is 1. The molecule has 0 atom stereocenters. The van der Waals surface area contributed by atoms with E-state index in [4.69, 9.17) is 10.5 Å². The smallest absolute Gasteiger partial charge is 0.284 e. The third-order valence-corrected chi connectivity index (χ3v) is 4.81. The molecule has 0 radical (unpaired) electrons. The lowest BCUT2D eigenvalue weighted by atomic mass is 10.2. The molecule has 0 fully saturated rings. The van der Waals surface area contributed by atoms with E-state index < -0.39 is 5.91 Å². The van der Waals surface area contributed by atoms with Gasteiger partial charge in [0.1, 0.15) is 11.8 Å². The van der Waals surface area contributed by atoms with E-state index in [2.05, 4.69) is 4.98 Å². The molecule has 5 nitrogen and oxygen atoms in total. The molecular formula is C19H19N3O2S. The first-order valence-electron chi connectivity index (χ1n) is 7.86. The molecule has 1 aromatic heterocycles. The predicted molar refractivity (Wildman–Crippen MR) is 97.3 cm³/mol. The van der Waals surface area contributed by atoms with E-state index >= 15 is 0 Å². The highest BCUT2D eigenvalue weighted by Gasteiger charge is 2.19. The number of imidazole rings is 1. The second-order valence-corrected chi connectivity index (χ2v) is 6.56. The molecule has 3 rings (SSSR count). The molecule has 2 N–H and O–H groups in total. The van der Waals surface area contributed by atoms with Crippen molar-refractivity contribution in [3.05, 3.63) is 77.7 Å². The van der Waals surface area contributed by atoms with E-state index in [1.165, 1.54) is 11.8 Å². The Bertz CT molecular complexity index is 848. The Morgan fingerprint density at radius 3 is 2.40 bits per heavy atom. The number of nitrogens with two attached hydrogens (primary N) is 1. The number of hydrogen-bond acceptors (Lipinski definition) is 4. The third kappa shape index (κ3) is 4.29. The molecule has 1 amide bonds. The quantitative estimate of drug-likeness (QED) is 0.704. The molecule has 0 spiro atoms. The van der Waals surface area contributed by atoms with Gasteiger partial charge < -0.3 is 10.5 Å². The Balaban J connectivity index is 1.81. The molecular weight excluding hydrogens is 334 g/mol. The van der Waals surface area contributed by atoms with Crippen LogP contribution in [0.2, 0.25) is 0 Å². The van der Waals surface area contributed by atoms with Gasteiger partial charge in [0.15, 0.2) is 0 Å². The number of amides is 1. The van der Waals surface area contributed by atoms with E-state index in [0.29, 0.717) is 6.61 Å². The fourth-order valence-corrected chi connectivity index (χ4v) is 3.38. The molecule has 6 heteroatoms. The summed E-state index contributed by atoms with van der Waals surface area (Å²) in [7, 11) is 0. The van der Waals surface area contributed by atoms with Gasteiger partial charge in [-0.15, -0.1) is 0 Å². The molecule has 0 aliphatic rings. The highest BCUT2D eigenvalue weighted by Crippen LogP contribution is 2.31. The van der Waals surface area contributed by atoms with Crippen LogP contribution in [0, 0.1) is 6.92 Å². The summed E-state index contributed by atoms with van der Waals surface area (Å²) in [5.74, 6) is -0.352. The van der Waals surface area contributed by atoms with Crippen LogP contribution in [0.5, 0.6) is 0 Å². The van der Waals surface area contributed by atoms with Crippen molar-refractivity contribution in [1.82, 2.24) is 9.55 Å². The van der Waals surface area contributed by atoms with Crippen LogP contribution in [-0.2, 0) is 18.1 Å². The molecule has 2 aromatic carbocycles. The predicted octanol–water partition coefficient (Wildman–Crippen LogP) is 3.62. The van der Waals surface area contributed by atoms with E-state index in [-0.39, 0.29) is 12.6 Å². The summed E-state index contributed by atoms with van der Waals surface area (Å²) >= 11 is 1.54. The van der Waals surface area contributed by atoms with Crippen LogP contribution in [-0.4, -0.2) is 15.5 Å². The first-order chi connectivity index (χ1) is 12.1. The largest absolute Gasteiger partial charge is 0.363 e. The standard InChI is InChI=1S/C19H19N3O2S/c1-14-19(25-16-10-6-3-7-11-16)22(18(21-14)17(20)23)13-24-12-15-8-4-2-5-9-15/h2-11H,12-13H2,1H3,(H2,20,23). The van der Waals surface area contributed by atoms with Crippen LogP contribution in [0.4, 0.5) is 0 Å². The number of benzene rings is 2. The van der Waals surface area contributed by atoms with Gasteiger partial charge in [-0.25, -0.2) is 4.98 Å². The molecule has 1 heterocycles. The van der Waals surface area contributed by atoms with Gasteiger partial charge in [-0.2, -0.15) is 0 Å². The number of rotatable bonds is 7. The first-order valence-corrected chi connectivity index (χ1v) is 8.68. The Hall–Kier alpha value is -2.57. The zero-order valence-electron chi connectivity index (χ0n) is 13.9. The monoisotopic (exact) mass is 353 g/mol. The van der Waals surface area contributed by atoms with Gasteiger partial charge in [-0.1, -0.05) is 60.3 Å². The normalized spacial score (nSPS) is 10.8. The molecule has 128 valence electrons. The number of nitrogens with zero attached hydrogens (tertiary/aromatic N) is 2. The summed E-state index contributed by atoms with van der Waals surface area (Å²) in [6, 6.07) is 19.8. The molecule has 25 heavy (non-hydrogen) atoms. The number of carbonyl (C=O) groups is 1. The van der Waals surface area contributed by atoms with Crippen molar-refractivity contribution in [2.45, 2.75) is 30.2 Å². The van der Waals surface area contributed by atoms with Crippen molar-refractivity contribution in [3.8, 4) is 0 Å². The van der Waals surface area contributed by atoms with Gasteiger partial charge in [-0.05, 0) is 24.6 Å². The van der Waals surface area contributed by atoms with Crippen LogP contribution >= 0.6 is 11.8 Å². The Morgan fingerprint density at radius 1 is 1.12 bits per heavy atom. The highest BCUT2D eigenvalue weighted by molar-refractivity contribution is 7.99. The van der Waals surface area contributed by atoms with Gasteiger partial charge in [0.2, 0.25) is 5.82 Å². The zero-order valence-corrected chi connectivity index (χ0v) is 14.7. The maximum Gasteiger partial charge on any atom is 0.284 e. The number of aromatic nitrogens is 2. The van der Waals surface area contributed by atoms with Crippen LogP contribution in [0.15, 0.2) is 70.6 Å². The minimum absolute atomic E-state index is 0.211. The number of aryl methyl sites for hydroxylation is 1. The summed E-state index contributed by atoms with van der Waals surface area (Å²) in [5, 5.41) is 0.855. The van der Waals surface area contributed by atoms with Gasteiger partial charge >= 0.3 is 0 Å². The van der Waals surface area contributed by atoms with E-state index in [9.17, 15) is 4.79 Å². The number of ether oxygens (including phenoxy) is 1. The zero-order chi connectivity index (χ0) is 17.6. The van der Waals surface area contributed by atoms with E-state index in [1.807, 2.05) is 67.6 Å². The second-order valence-electron chi connectivity index (χ2n) is 5.50. The maximum absolute atomic E-state index is 11.7. The van der Waals surface area contributed by atoms with Crippen molar-refractivity contribution >= 4 is 17.7 Å². The Kier molecular flexibility index (Phi) is 5.53. The molecule has 0 aliphatic carbocycles. The minimum atomic E-state index is -0.564. The van der Waals surface area contributed by atoms with Crippen molar-refractivity contribution < 1.29 is 9.53 Å². The van der Waals surface area contributed by atoms with E-state index in [0.717, 1.165) is 21.2 Å². The molecule has 0 unspecified atom stereocenters. The van der Waals surface area contributed by atoms with Crippen molar-refractivity contribution in [2.24, 2.45) is 5.73 Å². The fraction of sp³-hybridized carbons (Fsp3) is 0.158. The van der Waals surface area contributed by atoms with Crippen molar-refractivity contribution in [2.75, 3.05) is 0 Å². The minimum Gasteiger partial charge on any atom is -0.363 e. The van der Waals surface area contributed by atoms with Crippen LogP contribution in [0.3, 0.4) is 0 Å². The summed E-state index contributed by atoms with van der Waals surface area (Å²) in [4.78, 5) is 17.1. The van der Waals surface area contributed by atoms with Gasteiger partial charge in [0, 0.05) is 4.90 Å². The second kappa shape index (κ2) is 8.00. The average Bonchev–Trinajstić information content (AvgIpc) is 2.93. The molecule has 0 aliphatic heterocycles.